The van der Waals surface area contributed by atoms with Crippen molar-refractivity contribution in [2.45, 2.75) is 6.92 Å². The molecule has 0 atom stereocenters. The fraction of sp³-hybridized carbons (Fsp3) is 0.0690. The number of benzene rings is 3. The van der Waals surface area contributed by atoms with Crippen LogP contribution in [-0.2, 0) is 4.79 Å². The van der Waals surface area contributed by atoms with Crippen molar-refractivity contribution < 1.29 is 18.9 Å². The molecule has 5 rings (SSSR count). The average molecular weight is 507 g/mol. The first kappa shape index (κ1) is 24.4. The third-order valence-electron chi connectivity index (χ3n) is 5.74. The largest absolute Gasteiger partial charge is 0.484 e. The number of hydrogen-bond donors (Lipinski definition) is 1. The topological polar surface area (TPSA) is 120 Å². The molecule has 0 saturated heterocycles. The minimum absolute atomic E-state index is 0.140. The van der Waals surface area contributed by atoms with Gasteiger partial charge in [-0.2, -0.15) is 5.10 Å². The van der Waals surface area contributed by atoms with Crippen molar-refractivity contribution in [3.05, 3.63) is 112 Å². The second kappa shape index (κ2) is 10.8. The molecule has 0 fully saturated rings. The van der Waals surface area contributed by atoms with E-state index >= 15 is 0 Å². The summed E-state index contributed by atoms with van der Waals surface area (Å²) in [6.07, 6.45) is 1.17. The Morgan fingerprint density at radius 3 is 2.55 bits per heavy atom. The fourth-order valence-corrected chi connectivity index (χ4v) is 3.92. The highest BCUT2D eigenvalue weighted by molar-refractivity contribution is 5.97. The van der Waals surface area contributed by atoms with Crippen molar-refractivity contribution in [1.29, 1.82) is 0 Å². The molecule has 0 saturated carbocycles. The molecule has 188 valence electrons. The predicted octanol–water partition coefficient (Wildman–Crippen LogP) is 5.91. The summed E-state index contributed by atoms with van der Waals surface area (Å²) in [7, 11) is 0. The Labute approximate surface area is 217 Å². The van der Waals surface area contributed by atoms with Gasteiger partial charge in [0, 0.05) is 10.9 Å². The molecule has 0 spiro atoms. The van der Waals surface area contributed by atoms with Crippen LogP contribution in [0.25, 0.3) is 33.3 Å². The maximum atomic E-state index is 12.0. The molecule has 0 aliphatic heterocycles. The van der Waals surface area contributed by atoms with E-state index in [0.29, 0.717) is 5.75 Å². The first-order valence-electron chi connectivity index (χ1n) is 11.7. The first-order chi connectivity index (χ1) is 18.5. The van der Waals surface area contributed by atoms with Gasteiger partial charge in [0.15, 0.2) is 12.4 Å². The molecule has 0 unspecified atom stereocenters. The number of hydrogen-bond acceptors (Lipinski definition) is 7. The summed E-state index contributed by atoms with van der Waals surface area (Å²) in [5, 5.41) is 15.4. The molecule has 1 N–H and O–H groups in total. The maximum Gasteiger partial charge on any atom is 0.433 e. The normalized spacial score (nSPS) is 11.1. The van der Waals surface area contributed by atoms with Crippen LogP contribution in [-0.4, -0.2) is 28.6 Å². The van der Waals surface area contributed by atoms with Gasteiger partial charge in [-0.05, 0) is 66.6 Å². The molecule has 5 aromatic rings. The highest BCUT2D eigenvalue weighted by Gasteiger charge is 2.12. The smallest absolute Gasteiger partial charge is 0.433 e. The number of nitrogens with zero attached hydrogens (tertiary/aromatic N) is 3. The minimum atomic E-state index is -0.659. The standard InChI is InChI=1S/C29H22N4O5/c1-19-7-13-26-25(15-19)24(20-5-3-2-4-6-20)16-27(31-26)21-8-10-22(11-9-21)37-18-28(34)32-30-17-23-12-14-29(38-23)33(35)36/h2-17H,18H2,1H3,(H,32,34). The maximum absolute atomic E-state index is 12.0. The van der Waals surface area contributed by atoms with E-state index in [1.54, 1.807) is 12.1 Å². The zero-order valence-corrected chi connectivity index (χ0v) is 20.3. The van der Waals surface area contributed by atoms with E-state index < -0.39 is 16.7 Å². The zero-order valence-electron chi connectivity index (χ0n) is 20.3. The van der Waals surface area contributed by atoms with Gasteiger partial charge in [0.2, 0.25) is 0 Å². The highest BCUT2D eigenvalue weighted by atomic mass is 16.6. The van der Waals surface area contributed by atoms with Crippen LogP contribution >= 0.6 is 0 Å². The van der Waals surface area contributed by atoms with Crippen LogP contribution in [0.2, 0.25) is 0 Å². The Morgan fingerprint density at radius 2 is 1.82 bits per heavy atom. The second-order valence-corrected chi connectivity index (χ2v) is 8.48. The van der Waals surface area contributed by atoms with Gasteiger partial charge in [-0.1, -0.05) is 42.0 Å². The molecule has 3 aromatic carbocycles. The molecular weight excluding hydrogens is 484 g/mol. The third-order valence-corrected chi connectivity index (χ3v) is 5.74. The third kappa shape index (κ3) is 5.57. The molecule has 9 nitrogen and oxygen atoms in total. The second-order valence-electron chi connectivity index (χ2n) is 8.48. The van der Waals surface area contributed by atoms with Gasteiger partial charge >= 0.3 is 5.88 Å². The Kier molecular flexibility index (Phi) is 6.90. The lowest BCUT2D eigenvalue weighted by Crippen LogP contribution is -2.24. The number of hydrazone groups is 1. The number of amides is 1. The van der Waals surface area contributed by atoms with E-state index in [1.165, 1.54) is 23.9 Å². The molecule has 0 bridgehead atoms. The molecule has 9 heteroatoms. The Bertz CT molecular complexity index is 1640. The number of rotatable bonds is 8. The Morgan fingerprint density at radius 1 is 1.03 bits per heavy atom. The number of nitrogens with one attached hydrogen (secondary N) is 1. The number of pyridine rings is 1. The quantitative estimate of drug-likeness (QED) is 0.159. The van der Waals surface area contributed by atoms with Crippen molar-refractivity contribution in [3.8, 4) is 28.1 Å². The highest BCUT2D eigenvalue weighted by Crippen LogP contribution is 2.33. The van der Waals surface area contributed by atoms with Crippen LogP contribution in [0.3, 0.4) is 0 Å². The van der Waals surface area contributed by atoms with Crippen molar-refractivity contribution in [2.24, 2.45) is 5.10 Å². The van der Waals surface area contributed by atoms with E-state index in [9.17, 15) is 14.9 Å². The first-order valence-corrected chi connectivity index (χ1v) is 11.7. The van der Waals surface area contributed by atoms with Gasteiger partial charge in [0.05, 0.1) is 23.5 Å². The summed E-state index contributed by atoms with van der Waals surface area (Å²) in [6, 6.07) is 28.5. The summed E-state index contributed by atoms with van der Waals surface area (Å²) in [5.41, 5.74) is 8.34. The summed E-state index contributed by atoms with van der Waals surface area (Å²) in [5.74, 6) is -0.254. The molecule has 0 aliphatic carbocycles. The van der Waals surface area contributed by atoms with E-state index in [2.05, 4.69) is 47.8 Å². The summed E-state index contributed by atoms with van der Waals surface area (Å²) in [6.45, 7) is 1.81. The zero-order chi connectivity index (χ0) is 26.5. The van der Waals surface area contributed by atoms with E-state index in [-0.39, 0.29) is 12.4 Å². The number of ether oxygens (including phenoxy) is 1. The molecular formula is C29H22N4O5. The van der Waals surface area contributed by atoms with Crippen LogP contribution < -0.4 is 10.2 Å². The van der Waals surface area contributed by atoms with E-state index in [1.807, 2.05) is 36.4 Å². The number of carbonyl (C=O) groups is 1. The lowest BCUT2D eigenvalue weighted by molar-refractivity contribution is -0.402. The molecule has 2 aromatic heterocycles. The number of fused-ring (bicyclic) bond motifs is 1. The Balaban J connectivity index is 1.27. The Hall–Kier alpha value is -5.31. The summed E-state index contributed by atoms with van der Waals surface area (Å²) >= 11 is 0. The molecule has 0 radical (unpaired) electrons. The number of aromatic nitrogens is 1. The van der Waals surface area contributed by atoms with Crippen LogP contribution in [0.4, 0.5) is 5.88 Å². The fourth-order valence-electron chi connectivity index (χ4n) is 3.92. The lowest BCUT2D eigenvalue weighted by Gasteiger charge is -2.12. The van der Waals surface area contributed by atoms with Gasteiger partial charge in [-0.25, -0.2) is 10.4 Å². The molecule has 38 heavy (non-hydrogen) atoms. The van der Waals surface area contributed by atoms with E-state index in [4.69, 9.17) is 14.1 Å². The van der Waals surface area contributed by atoms with E-state index in [0.717, 1.165) is 33.3 Å². The van der Waals surface area contributed by atoms with Crippen LogP contribution in [0.15, 0.2) is 101 Å². The van der Waals surface area contributed by atoms with Gasteiger partial charge in [-0.15, -0.1) is 0 Å². The van der Waals surface area contributed by atoms with Gasteiger partial charge in [0.25, 0.3) is 5.91 Å². The predicted molar refractivity (Wildman–Crippen MR) is 144 cm³/mol. The van der Waals surface area contributed by atoms with Crippen LogP contribution in [0.5, 0.6) is 5.75 Å². The summed E-state index contributed by atoms with van der Waals surface area (Å²) in [4.78, 5) is 26.9. The number of carbonyl (C=O) groups excluding carboxylic acids is 1. The number of aryl methyl sites for hydroxylation is 1. The van der Waals surface area contributed by atoms with Crippen LogP contribution in [0.1, 0.15) is 11.3 Å². The van der Waals surface area contributed by atoms with Gasteiger partial charge in [0.1, 0.15) is 10.7 Å². The SMILES string of the molecule is Cc1ccc2nc(-c3ccc(OCC(=O)NN=Cc4ccc([N+](=O)[O-])o4)cc3)cc(-c3ccccc3)c2c1. The number of nitro groups is 1. The van der Waals surface area contributed by atoms with Crippen molar-refractivity contribution in [3.63, 3.8) is 0 Å². The minimum Gasteiger partial charge on any atom is -0.484 e. The van der Waals surface area contributed by atoms with Crippen LogP contribution in [0, 0.1) is 17.0 Å². The van der Waals surface area contributed by atoms with Crippen molar-refractivity contribution in [2.75, 3.05) is 6.61 Å². The molecule has 0 aliphatic rings. The average Bonchev–Trinajstić information content (AvgIpc) is 3.41. The van der Waals surface area contributed by atoms with Crippen molar-refractivity contribution >= 4 is 28.9 Å². The monoisotopic (exact) mass is 506 g/mol. The van der Waals surface area contributed by atoms with Gasteiger partial charge < -0.3 is 9.15 Å². The molecule has 1 amide bonds. The van der Waals surface area contributed by atoms with Crippen molar-refractivity contribution in [1.82, 2.24) is 10.4 Å². The lowest BCUT2D eigenvalue weighted by atomic mass is 9.97. The number of furan rings is 1. The molecule has 2 heterocycles. The van der Waals surface area contributed by atoms with Gasteiger partial charge in [-0.3, -0.25) is 14.9 Å². The summed E-state index contributed by atoms with van der Waals surface area (Å²) < 4.78 is 10.5.